The van der Waals surface area contributed by atoms with Crippen LogP contribution >= 0.6 is 0 Å². The fourth-order valence-corrected chi connectivity index (χ4v) is 1.56. The Morgan fingerprint density at radius 3 is 2.94 bits per heavy atom. The topological polar surface area (TPSA) is 72.3 Å². The van der Waals surface area contributed by atoms with Gasteiger partial charge in [-0.2, -0.15) is 5.10 Å². The number of aromatic amines is 1. The summed E-state index contributed by atoms with van der Waals surface area (Å²) < 4.78 is 1.81. The Labute approximate surface area is 91.4 Å². The maximum atomic E-state index is 4.35. The fourth-order valence-electron chi connectivity index (χ4n) is 1.56. The van der Waals surface area contributed by atoms with Crippen LogP contribution in [0.25, 0.3) is 22.7 Å². The highest BCUT2D eigenvalue weighted by Gasteiger charge is 2.09. The van der Waals surface area contributed by atoms with Crippen LogP contribution in [0, 0.1) is 6.92 Å². The molecule has 0 saturated heterocycles. The minimum Gasteiger partial charge on any atom is -0.334 e. The quantitative estimate of drug-likeness (QED) is 0.657. The second kappa shape index (κ2) is 3.13. The maximum absolute atomic E-state index is 4.35. The van der Waals surface area contributed by atoms with Gasteiger partial charge in [-0.25, -0.2) is 15.0 Å². The van der Waals surface area contributed by atoms with Gasteiger partial charge in [0.25, 0.3) is 0 Å². The van der Waals surface area contributed by atoms with E-state index in [0.717, 1.165) is 22.7 Å². The molecule has 6 nitrogen and oxygen atoms in total. The molecule has 0 unspecified atom stereocenters. The van der Waals surface area contributed by atoms with E-state index in [0.29, 0.717) is 5.65 Å². The number of H-pyrrole nitrogens is 1. The Hall–Kier alpha value is -2.24. The number of aryl methyl sites for hydroxylation is 2. The zero-order valence-corrected chi connectivity index (χ0v) is 8.97. The fraction of sp³-hybridized carbons (Fsp3) is 0.200. The third kappa shape index (κ3) is 1.27. The van der Waals surface area contributed by atoms with E-state index in [2.05, 4.69) is 25.0 Å². The molecule has 0 aromatic carbocycles. The number of nitrogens with zero attached hydrogens (tertiary/aromatic N) is 5. The molecule has 3 aromatic rings. The maximum Gasteiger partial charge on any atom is 0.181 e. The number of imidazole rings is 1. The zero-order chi connectivity index (χ0) is 11.1. The number of aromatic nitrogens is 6. The third-order valence-corrected chi connectivity index (χ3v) is 2.52. The van der Waals surface area contributed by atoms with Gasteiger partial charge in [-0.05, 0) is 13.0 Å². The molecule has 3 rings (SSSR count). The highest BCUT2D eigenvalue weighted by molar-refractivity contribution is 5.73. The first-order chi connectivity index (χ1) is 7.74. The van der Waals surface area contributed by atoms with E-state index >= 15 is 0 Å². The Bertz CT molecular complexity index is 598. The lowest BCUT2D eigenvalue weighted by Gasteiger charge is -1.89. The minimum atomic E-state index is 0.660. The minimum absolute atomic E-state index is 0.660. The van der Waals surface area contributed by atoms with Crippen molar-refractivity contribution in [2.24, 2.45) is 7.05 Å². The van der Waals surface area contributed by atoms with E-state index < -0.39 is 0 Å². The molecule has 0 spiro atoms. The lowest BCUT2D eigenvalue weighted by atomic mass is 10.3. The van der Waals surface area contributed by atoms with Crippen LogP contribution in [-0.2, 0) is 7.05 Å². The third-order valence-electron chi connectivity index (χ3n) is 2.52. The smallest absolute Gasteiger partial charge is 0.181 e. The average Bonchev–Trinajstić information content (AvgIpc) is 2.83. The molecule has 0 radical (unpaired) electrons. The van der Waals surface area contributed by atoms with Gasteiger partial charge in [-0.3, -0.25) is 4.68 Å². The van der Waals surface area contributed by atoms with Gasteiger partial charge < -0.3 is 4.98 Å². The van der Waals surface area contributed by atoms with Crippen molar-refractivity contribution in [2.45, 2.75) is 6.92 Å². The van der Waals surface area contributed by atoms with Gasteiger partial charge in [0, 0.05) is 12.7 Å². The number of hydrogen-bond acceptors (Lipinski definition) is 4. The van der Waals surface area contributed by atoms with Crippen molar-refractivity contribution in [3.8, 4) is 11.5 Å². The Morgan fingerprint density at radius 1 is 1.38 bits per heavy atom. The first-order valence-corrected chi connectivity index (χ1v) is 4.91. The van der Waals surface area contributed by atoms with Crippen LogP contribution in [0.1, 0.15) is 5.69 Å². The van der Waals surface area contributed by atoms with E-state index in [1.54, 1.807) is 6.20 Å². The summed E-state index contributed by atoms with van der Waals surface area (Å²) in [6.45, 7) is 2.00. The van der Waals surface area contributed by atoms with Gasteiger partial charge in [0.2, 0.25) is 0 Å². The average molecular weight is 214 g/mol. The number of fused-ring (bicyclic) bond motifs is 1. The lowest BCUT2D eigenvalue weighted by Crippen LogP contribution is -1.92. The Morgan fingerprint density at radius 2 is 2.25 bits per heavy atom. The van der Waals surface area contributed by atoms with E-state index in [1.807, 2.05) is 24.7 Å². The summed E-state index contributed by atoms with van der Waals surface area (Å²) in [5.41, 5.74) is 3.38. The summed E-state index contributed by atoms with van der Waals surface area (Å²) in [6.07, 6.45) is 3.19. The standard InChI is InChI=1S/C10H10N6/c1-6-3-7(15-16(6)2)10-13-8-4-11-5-12-9(8)14-10/h3-5H,1-2H3,(H,11,12,13,14). The molecule has 6 heteroatoms. The van der Waals surface area contributed by atoms with Crippen molar-refractivity contribution >= 4 is 11.2 Å². The molecule has 3 heterocycles. The van der Waals surface area contributed by atoms with Crippen molar-refractivity contribution in [2.75, 3.05) is 0 Å². The van der Waals surface area contributed by atoms with Gasteiger partial charge >= 0.3 is 0 Å². The summed E-state index contributed by atoms with van der Waals surface area (Å²) in [7, 11) is 1.90. The summed E-state index contributed by atoms with van der Waals surface area (Å²) in [5.74, 6) is 0.721. The molecule has 0 aliphatic carbocycles. The molecule has 0 atom stereocenters. The van der Waals surface area contributed by atoms with Gasteiger partial charge in [-0.15, -0.1) is 0 Å². The SMILES string of the molecule is Cc1cc(-c2nc3ncncc3[nH]2)nn1C. The van der Waals surface area contributed by atoms with Crippen LogP contribution in [0.3, 0.4) is 0 Å². The van der Waals surface area contributed by atoms with Crippen LogP contribution in [0.4, 0.5) is 0 Å². The number of rotatable bonds is 1. The molecule has 1 N–H and O–H groups in total. The summed E-state index contributed by atoms with van der Waals surface area (Å²) in [4.78, 5) is 15.5. The molecule has 0 bridgehead atoms. The lowest BCUT2D eigenvalue weighted by molar-refractivity contribution is 0.741. The molecular weight excluding hydrogens is 204 g/mol. The molecule has 0 aliphatic heterocycles. The van der Waals surface area contributed by atoms with Gasteiger partial charge in [0.05, 0.1) is 6.20 Å². The molecule has 80 valence electrons. The van der Waals surface area contributed by atoms with Crippen LogP contribution in [-0.4, -0.2) is 29.7 Å². The summed E-state index contributed by atoms with van der Waals surface area (Å²) in [5, 5.41) is 4.35. The summed E-state index contributed by atoms with van der Waals surface area (Å²) in [6, 6.07) is 1.98. The van der Waals surface area contributed by atoms with Crippen molar-refractivity contribution < 1.29 is 0 Å². The van der Waals surface area contributed by atoms with Crippen molar-refractivity contribution in [1.82, 2.24) is 29.7 Å². The monoisotopic (exact) mass is 214 g/mol. The molecule has 16 heavy (non-hydrogen) atoms. The van der Waals surface area contributed by atoms with Crippen LogP contribution in [0.2, 0.25) is 0 Å². The zero-order valence-electron chi connectivity index (χ0n) is 8.97. The Balaban J connectivity index is 2.18. The predicted octanol–water partition coefficient (Wildman–Crippen LogP) is 1.06. The second-order valence-corrected chi connectivity index (χ2v) is 3.64. The molecule has 3 aromatic heterocycles. The molecule has 0 fully saturated rings. The molecule has 0 saturated carbocycles. The highest BCUT2D eigenvalue weighted by Crippen LogP contribution is 2.17. The van der Waals surface area contributed by atoms with E-state index in [-0.39, 0.29) is 0 Å². The number of hydrogen-bond donors (Lipinski definition) is 1. The first kappa shape index (κ1) is 9.02. The van der Waals surface area contributed by atoms with Crippen LogP contribution < -0.4 is 0 Å². The van der Waals surface area contributed by atoms with E-state index in [1.165, 1.54) is 6.33 Å². The van der Waals surface area contributed by atoms with Gasteiger partial charge in [0.1, 0.15) is 17.5 Å². The largest absolute Gasteiger partial charge is 0.334 e. The van der Waals surface area contributed by atoms with Gasteiger partial charge in [-0.1, -0.05) is 0 Å². The van der Waals surface area contributed by atoms with Crippen molar-refractivity contribution in [3.63, 3.8) is 0 Å². The predicted molar refractivity (Wildman–Crippen MR) is 58.6 cm³/mol. The van der Waals surface area contributed by atoms with Crippen LogP contribution in [0.5, 0.6) is 0 Å². The Kier molecular flexibility index (Phi) is 1.76. The van der Waals surface area contributed by atoms with Gasteiger partial charge in [0.15, 0.2) is 11.5 Å². The van der Waals surface area contributed by atoms with Crippen molar-refractivity contribution in [1.29, 1.82) is 0 Å². The van der Waals surface area contributed by atoms with Crippen LogP contribution in [0.15, 0.2) is 18.6 Å². The molecule has 0 amide bonds. The van der Waals surface area contributed by atoms with Crippen molar-refractivity contribution in [3.05, 3.63) is 24.3 Å². The number of nitrogens with one attached hydrogen (secondary N) is 1. The normalized spacial score (nSPS) is 11.1. The van der Waals surface area contributed by atoms with E-state index in [9.17, 15) is 0 Å². The first-order valence-electron chi connectivity index (χ1n) is 4.91. The van der Waals surface area contributed by atoms with E-state index in [4.69, 9.17) is 0 Å². The summed E-state index contributed by atoms with van der Waals surface area (Å²) >= 11 is 0. The molecule has 0 aliphatic rings. The molecular formula is C10H10N6. The highest BCUT2D eigenvalue weighted by atomic mass is 15.3. The second-order valence-electron chi connectivity index (χ2n) is 3.64.